The number of rotatable bonds is 2. The number of carbonyl (C=O) groups is 1. The Bertz CT molecular complexity index is 351. The molecular formula is C12H16FNO. The zero-order chi connectivity index (χ0) is 11.6. The molecule has 0 aliphatic rings. The van der Waals surface area contributed by atoms with E-state index in [2.05, 4.69) is 0 Å². The normalized spacial score (nSPS) is 13.7. The van der Waals surface area contributed by atoms with Gasteiger partial charge in [-0.1, -0.05) is 20.8 Å². The van der Waals surface area contributed by atoms with Crippen molar-refractivity contribution in [3.05, 3.63) is 35.6 Å². The van der Waals surface area contributed by atoms with Gasteiger partial charge in [-0.25, -0.2) is 4.39 Å². The maximum absolute atomic E-state index is 12.6. The van der Waals surface area contributed by atoms with Crippen molar-refractivity contribution in [1.29, 1.82) is 0 Å². The van der Waals surface area contributed by atoms with E-state index in [4.69, 9.17) is 5.73 Å². The van der Waals surface area contributed by atoms with E-state index >= 15 is 0 Å². The second-order valence-electron chi connectivity index (χ2n) is 4.71. The van der Waals surface area contributed by atoms with Crippen molar-refractivity contribution < 1.29 is 9.18 Å². The Morgan fingerprint density at radius 3 is 2.13 bits per heavy atom. The zero-order valence-electron chi connectivity index (χ0n) is 9.25. The Morgan fingerprint density at radius 1 is 1.27 bits per heavy atom. The molecule has 0 unspecified atom stereocenters. The van der Waals surface area contributed by atoms with E-state index in [1.807, 2.05) is 20.8 Å². The van der Waals surface area contributed by atoms with Crippen molar-refractivity contribution >= 4 is 5.78 Å². The summed E-state index contributed by atoms with van der Waals surface area (Å²) in [6, 6.07) is 4.89. The first-order valence-electron chi connectivity index (χ1n) is 4.88. The number of Topliss-reactive ketones (excluding diaryl/α,β-unsaturated/α-hetero) is 1. The molecular weight excluding hydrogens is 193 g/mol. The van der Waals surface area contributed by atoms with Gasteiger partial charge in [0.2, 0.25) is 0 Å². The molecule has 0 fully saturated rings. The molecule has 2 N–H and O–H groups in total. The second-order valence-corrected chi connectivity index (χ2v) is 4.71. The van der Waals surface area contributed by atoms with Gasteiger partial charge in [-0.05, 0) is 29.7 Å². The smallest absolute Gasteiger partial charge is 0.180 e. The van der Waals surface area contributed by atoms with Gasteiger partial charge in [-0.2, -0.15) is 0 Å². The minimum atomic E-state index is -0.567. The van der Waals surface area contributed by atoms with Crippen molar-refractivity contribution in [2.75, 3.05) is 0 Å². The van der Waals surface area contributed by atoms with Gasteiger partial charge < -0.3 is 5.73 Å². The maximum Gasteiger partial charge on any atom is 0.180 e. The van der Waals surface area contributed by atoms with E-state index in [-0.39, 0.29) is 17.0 Å². The van der Waals surface area contributed by atoms with Crippen molar-refractivity contribution in [3.63, 3.8) is 0 Å². The van der Waals surface area contributed by atoms with E-state index < -0.39 is 6.04 Å². The predicted octanol–water partition coefficient (Wildman–Crippen LogP) is 2.38. The Balaban J connectivity index is 2.90. The van der Waals surface area contributed by atoms with Crippen molar-refractivity contribution in [2.24, 2.45) is 11.1 Å². The number of ketones is 1. The lowest BCUT2D eigenvalue weighted by Crippen LogP contribution is -2.42. The highest BCUT2D eigenvalue weighted by Crippen LogP contribution is 2.20. The molecule has 1 atom stereocenters. The Morgan fingerprint density at radius 2 is 1.73 bits per heavy atom. The SMILES string of the molecule is CC(C)(C)[C@H](N)C(=O)c1ccc(F)cc1. The first-order valence-corrected chi connectivity index (χ1v) is 4.88. The van der Waals surface area contributed by atoms with E-state index in [0.717, 1.165) is 0 Å². The fourth-order valence-electron chi connectivity index (χ4n) is 1.19. The molecule has 82 valence electrons. The molecule has 1 rings (SSSR count). The number of carbonyl (C=O) groups excluding carboxylic acids is 1. The fraction of sp³-hybridized carbons (Fsp3) is 0.417. The molecule has 15 heavy (non-hydrogen) atoms. The third-order valence-electron chi connectivity index (χ3n) is 2.34. The summed E-state index contributed by atoms with van der Waals surface area (Å²) in [5.41, 5.74) is 5.99. The zero-order valence-corrected chi connectivity index (χ0v) is 9.25. The predicted molar refractivity (Wildman–Crippen MR) is 58.2 cm³/mol. The Labute approximate surface area is 89.3 Å². The molecule has 0 aliphatic heterocycles. The summed E-state index contributed by atoms with van der Waals surface area (Å²) >= 11 is 0. The van der Waals surface area contributed by atoms with Gasteiger partial charge in [0.25, 0.3) is 0 Å². The summed E-state index contributed by atoms with van der Waals surface area (Å²) in [6.07, 6.45) is 0. The molecule has 2 nitrogen and oxygen atoms in total. The van der Waals surface area contributed by atoms with Gasteiger partial charge in [-0.3, -0.25) is 4.79 Å². The summed E-state index contributed by atoms with van der Waals surface area (Å²) in [7, 11) is 0. The lowest BCUT2D eigenvalue weighted by Gasteiger charge is -2.25. The first kappa shape index (κ1) is 11.9. The third kappa shape index (κ3) is 2.86. The Hall–Kier alpha value is -1.22. The highest BCUT2D eigenvalue weighted by molar-refractivity contribution is 6.00. The quantitative estimate of drug-likeness (QED) is 0.760. The largest absolute Gasteiger partial charge is 0.321 e. The third-order valence-corrected chi connectivity index (χ3v) is 2.34. The van der Waals surface area contributed by atoms with Crippen LogP contribution in [0.4, 0.5) is 4.39 Å². The molecule has 0 aromatic heterocycles. The van der Waals surface area contributed by atoms with Crippen LogP contribution in [0.25, 0.3) is 0 Å². The molecule has 1 aromatic rings. The molecule has 0 spiro atoms. The van der Waals surface area contributed by atoms with Crippen molar-refractivity contribution in [3.8, 4) is 0 Å². The topological polar surface area (TPSA) is 43.1 Å². The molecule has 0 radical (unpaired) electrons. The standard InChI is InChI=1S/C12H16FNO/c1-12(2,3)11(14)10(15)8-4-6-9(13)7-5-8/h4-7,11H,14H2,1-3H3/t11-/m1/s1. The molecule has 0 saturated heterocycles. The summed E-state index contributed by atoms with van der Waals surface area (Å²) < 4.78 is 12.6. The van der Waals surface area contributed by atoms with E-state index in [9.17, 15) is 9.18 Å². The van der Waals surface area contributed by atoms with Gasteiger partial charge in [0.05, 0.1) is 6.04 Å². The average molecular weight is 209 g/mol. The van der Waals surface area contributed by atoms with Crippen LogP contribution in [0.5, 0.6) is 0 Å². The lowest BCUT2D eigenvalue weighted by molar-refractivity contribution is 0.0901. The number of benzene rings is 1. The van der Waals surface area contributed by atoms with Gasteiger partial charge in [0, 0.05) is 5.56 Å². The number of hydrogen-bond donors (Lipinski definition) is 1. The molecule has 0 amide bonds. The van der Waals surface area contributed by atoms with Crippen LogP contribution in [0, 0.1) is 11.2 Å². The second kappa shape index (κ2) is 4.11. The van der Waals surface area contributed by atoms with Crippen LogP contribution in [-0.2, 0) is 0 Å². The van der Waals surface area contributed by atoms with Crippen LogP contribution in [0.1, 0.15) is 31.1 Å². The monoisotopic (exact) mass is 209 g/mol. The Kier molecular flexibility index (Phi) is 3.25. The highest BCUT2D eigenvalue weighted by atomic mass is 19.1. The molecule has 0 bridgehead atoms. The van der Waals surface area contributed by atoms with Crippen molar-refractivity contribution in [2.45, 2.75) is 26.8 Å². The van der Waals surface area contributed by atoms with Crippen molar-refractivity contribution in [1.82, 2.24) is 0 Å². The van der Waals surface area contributed by atoms with Crippen LogP contribution < -0.4 is 5.73 Å². The maximum atomic E-state index is 12.6. The van der Waals surface area contributed by atoms with E-state index in [0.29, 0.717) is 5.56 Å². The molecule has 0 saturated carbocycles. The van der Waals surface area contributed by atoms with E-state index in [1.54, 1.807) is 0 Å². The highest BCUT2D eigenvalue weighted by Gasteiger charge is 2.27. The van der Waals surface area contributed by atoms with E-state index in [1.165, 1.54) is 24.3 Å². The minimum Gasteiger partial charge on any atom is -0.321 e. The molecule has 3 heteroatoms. The van der Waals surface area contributed by atoms with Crippen LogP contribution in [0.3, 0.4) is 0 Å². The van der Waals surface area contributed by atoms with Gasteiger partial charge in [0.1, 0.15) is 5.82 Å². The summed E-state index contributed by atoms with van der Waals surface area (Å²) in [6.45, 7) is 5.71. The first-order chi connectivity index (χ1) is 6.82. The van der Waals surface area contributed by atoms with Crippen LogP contribution in [-0.4, -0.2) is 11.8 Å². The molecule has 0 heterocycles. The van der Waals surface area contributed by atoms with Crippen LogP contribution in [0.2, 0.25) is 0 Å². The summed E-state index contributed by atoms with van der Waals surface area (Å²) in [5.74, 6) is -0.501. The molecule has 0 aliphatic carbocycles. The number of nitrogens with two attached hydrogens (primary N) is 1. The minimum absolute atomic E-state index is 0.150. The van der Waals surface area contributed by atoms with Gasteiger partial charge in [-0.15, -0.1) is 0 Å². The van der Waals surface area contributed by atoms with Crippen LogP contribution >= 0.6 is 0 Å². The fourth-order valence-corrected chi connectivity index (χ4v) is 1.19. The lowest BCUT2D eigenvalue weighted by atomic mass is 9.83. The molecule has 1 aromatic carbocycles. The summed E-state index contributed by atoms with van der Waals surface area (Å²) in [5, 5.41) is 0. The van der Waals surface area contributed by atoms with Crippen LogP contribution in [0.15, 0.2) is 24.3 Å². The number of halogens is 1. The van der Waals surface area contributed by atoms with Gasteiger partial charge >= 0.3 is 0 Å². The average Bonchev–Trinajstić information content (AvgIpc) is 2.15. The number of hydrogen-bond acceptors (Lipinski definition) is 2. The van der Waals surface area contributed by atoms with Gasteiger partial charge in [0.15, 0.2) is 5.78 Å². The summed E-state index contributed by atoms with van der Waals surface area (Å²) in [4.78, 5) is 11.9.